The molecular formula is C33H24. The molecule has 0 aromatic heterocycles. The zero-order valence-electron chi connectivity index (χ0n) is 18.6. The largest absolute Gasteiger partial charge is 0.0622 e. The summed E-state index contributed by atoms with van der Waals surface area (Å²) < 4.78 is 0. The fourth-order valence-corrected chi connectivity index (χ4v) is 5.09. The van der Waals surface area contributed by atoms with Gasteiger partial charge in [-0.2, -0.15) is 0 Å². The molecule has 156 valence electrons. The minimum absolute atomic E-state index is 1.25. The van der Waals surface area contributed by atoms with Crippen molar-refractivity contribution in [2.24, 2.45) is 0 Å². The van der Waals surface area contributed by atoms with E-state index in [9.17, 15) is 0 Å². The first-order chi connectivity index (χ1) is 16.3. The van der Waals surface area contributed by atoms with Crippen LogP contribution in [0.4, 0.5) is 0 Å². The SMILES string of the molecule is Cc1ccccc1-c1cccc(-c2c3ccccc3c(-c3ccccc3)c3ccccc23)c1. The number of aryl methyl sites for hydroxylation is 1. The Hall–Kier alpha value is -4.16. The van der Waals surface area contributed by atoms with Gasteiger partial charge in [-0.1, -0.05) is 121 Å². The van der Waals surface area contributed by atoms with Crippen LogP contribution < -0.4 is 0 Å². The van der Waals surface area contributed by atoms with Crippen LogP contribution in [0.2, 0.25) is 0 Å². The maximum Gasteiger partial charge on any atom is -0.00262 e. The third kappa shape index (κ3) is 3.32. The summed E-state index contributed by atoms with van der Waals surface area (Å²) in [6.45, 7) is 2.18. The molecule has 6 aromatic rings. The molecule has 0 aliphatic rings. The molecule has 0 aliphatic heterocycles. The second-order valence-electron chi connectivity index (χ2n) is 8.60. The Morgan fingerprint density at radius 1 is 0.364 bits per heavy atom. The molecule has 0 fully saturated rings. The summed E-state index contributed by atoms with van der Waals surface area (Å²) >= 11 is 0. The Labute approximate surface area is 194 Å². The quantitative estimate of drug-likeness (QED) is 0.250. The van der Waals surface area contributed by atoms with Gasteiger partial charge in [0, 0.05) is 0 Å². The van der Waals surface area contributed by atoms with E-state index < -0.39 is 0 Å². The summed E-state index contributed by atoms with van der Waals surface area (Å²) in [7, 11) is 0. The summed E-state index contributed by atoms with van der Waals surface area (Å²) in [5.41, 5.74) is 8.95. The second kappa shape index (κ2) is 8.07. The third-order valence-electron chi connectivity index (χ3n) is 6.60. The molecule has 0 heteroatoms. The Morgan fingerprint density at radius 3 is 1.42 bits per heavy atom. The zero-order chi connectivity index (χ0) is 22.2. The molecule has 33 heavy (non-hydrogen) atoms. The van der Waals surface area contributed by atoms with Gasteiger partial charge in [0.05, 0.1) is 0 Å². The first-order valence-electron chi connectivity index (χ1n) is 11.5. The Morgan fingerprint density at radius 2 is 0.818 bits per heavy atom. The van der Waals surface area contributed by atoms with Crippen molar-refractivity contribution in [2.45, 2.75) is 6.92 Å². The van der Waals surface area contributed by atoms with Crippen molar-refractivity contribution in [3.63, 3.8) is 0 Å². The summed E-state index contributed by atoms with van der Waals surface area (Å²) in [4.78, 5) is 0. The number of fused-ring (bicyclic) bond motifs is 2. The van der Waals surface area contributed by atoms with Crippen LogP contribution in [0.15, 0.2) is 127 Å². The van der Waals surface area contributed by atoms with E-state index in [-0.39, 0.29) is 0 Å². The lowest BCUT2D eigenvalue weighted by molar-refractivity contribution is 1.46. The van der Waals surface area contributed by atoms with Crippen molar-refractivity contribution in [3.05, 3.63) is 133 Å². The minimum atomic E-state index is 1.25. The van der Waals surface area contributed by atoms with Crippen LogP contribution in [0.5, 0.6) is 0 Å². The lowest BCUT2D eigenvalue weighted by atomic mass is 9.85. The van der Waals surface area contributed by atoms with Gasteiger partial charge in [0.25, 0.3) is 0 Å². The summed E-state index contributed by atoms with van der Waals surface area (Å²) in [5, 5.41) is 5.16. The fraction of sp³-hybridized carbons (Fsp3) is 0.0303. The lowest BCUT2D eigenvalue weighted by Crippen LogP contribution is -1.91. The Kier molecular flexibility index (Phi) is 4.78. The summed E-state index contributed by atoms with van der Waals surface area (Å²) in [6.07, 6.45) is 0. The van der Waals surface area contributed by atoms with Gasteiger partial charge in [-0.3, -0.25) is 0 Å². The van der Waals surface area contributed by atoms with Gasteiger partial charge < -0.3 is 0 Å². The van der Waals surface area contributed by atoms with E-state index in [1.165, 1.54) is 60.5 Å². The first kappa shape index (κ1) is 19.5. The van der Waals surface area contributed by atoms with Crippen LogP contribution in [0.3, 0.4) is 0 Å². The van der Waals surface area contributed by atoms with Crippen molar-refractivity contribution in [1.29, 1.82) is 0 Å². The highest BCUT2D eigenvalue weighted by atomic mass is 14.2. The molecule has 0 spiro atoms. The van der Waals surface area contributed by atoms with E-state index >= 15 is 0 Å². The van der Waals surface area contributed by atoms with E-state index in [4.69, 9.17) is 0 Å². The molecule has 6 rings (SSSR count). The maximum absolute atomic E-state index is 2.35. The van der Waals surface area contributed by atoms with Crippen molar-refractivity contribution in [3.8, 4) is 33.4 Å². The van der Waals surface area contributed by atoms with Gasteiger partial charge in [-0.05, 0) is 73.5 Å². The van der Waals surface area contributed by atoms with Gasteiger partial charge in [-0.25, -0.2) is 0 Å². The third-order valence-corrected chi connectivity index (χ3v) is 6.60. The molecule has 6 aromatic carbocycles. The predicted octanol–water partition coefficient (Wildman–Crippen LogP) is 9.30. The van der Waals surface area contributed by atoms with Gasteiger partial charge in [-0.15, -0.1) is 0 Å². The molecule has 0 atom stereocenters. The first-order valence-corrected chi connectivity index (χ1v) is 11.5. The highest BCUT2D eigenvalue weighted by molar-refractivity contribution is 6.21. The van der Waals surface area contributed by atoms with Crippen molar-refractivity contribution in [2.75, 3.05) is 0 Å². The summed E-state index contributed by atoms with van der Waals surface area (Å²) in [5.74, 6) is 0. The monoisotopic (exact) mass is 420 g/mol. The average Bonchev–Trinajstić information content (AvgIpc) is 2.88. The summed E-state index contributed by atoms with van der Waals surface area (Å²) in [6, 6.07) is 46.0. The lowest BCUT2D eigenvalue weighted by Gasteiger charge is -2.18. The van der Waals surface area contributed by atoms with E-state index in [2.05, 4.69) is 134 Å². The van der Waals surface area contributed by atoms with Gasteiger partial charge in [0.2, 0.25) is 0 Å². The molecule has 0 saturated heterocycles. The molecule has 0 heterocycles. The molecule has 0 bridgehead atoms. The maximum atomic E-state index is 2.35. The molecule has 0 amide bonds. The Bertz CT molecular complexity index is 1550. The van der Waals surface area contributed by atoms with E-state index in [0.29, 0.717) is 0 Å². The van der Waals surface area contributed by atoms with Crippen LogP contribution in [0.25, 0.3) is 54.9 Å². The molecule has 0 radical (unpaired) electrons. The molecule has 0 N–H and O–H groups in total. The van der Waals surface area contributed by atoms with Gasteiger partial charge >= 0.3 is 0 Å². The number of hydrogen-bond acceptors (Lipinski definition) is 0. The minimum Gasteiger partial charge on any atom is -0.0622 e. The van der Waals surface area contributed by atoms with Crippen LogP contribution in [-0.4, -0.2) is 0 Å². The second-order valence-corrected chi connectivity index (χ2v) is 8.60. The molecule has 0 unspecified atom stereocenters. The molecular weight excluding hydrogens is 396 g/mol. The smallest absolute Gasteiger partial charge is 0.00262 e. The standard InChI is InChI=1S/C33H24/c1-23-12-5-6-17-27(23)25-15-11-16-26(22-25)33-30-20-9-7-18-28(30)32(24-13-3-2-4-14-24)29-19-8-10-21-31(29)33/h2-22H,1H3. The molecule has 0 nitrogen and oxygen atoms in total. The highest BCUT2D eigenvalue weighted by Crippen LogP contribution is 2.44. The van der Waals surface area contributed by atoms with Crippen LogP contribution in [0, 0.1) is 6.92 Å². The van der Waals surface area contributed by atoms with Gasteiger partial charge in [0.15, 0.2) is 0 Å². The average molecular weight is 421 g/mol. The number of benzene rings is 6. The normalized spacial score (nSPS) is 11.2. The molecule has 0 saturated carbocycles. The highest BCUT2D eigenvalue weighted by Gasteiger charge is 2.16. The van der Waals surface area contributed by atoms with E-state index in [0.717, 1.165) is 0 Å². The van der Waals surface area contributed by atoms with Crippen molar-refractivity contribution in [1.82, 2.24) is 0 Å². The van der Waals surface area contributed by atoms with E-state index in [1.54, 1.807) is 0 Å². The van der Waals surface area contributed by atoms with Crippen molar-refractivity contribution >= 4 is 21.5 Å². The van der Waals surface area contributed by atoms with Crippen molar-refractivity contribution < 1.29 is 0 Å². The van der Waals surface area contributed by atoms with Crippen LogP contribution in [-0.2, 0) is 0 Å². The number of hydrogen-bond donors (Lipinski definition) is 0. The Balaban J connectivity index is 1.71. The topological polar surface area (TPSA) is 0 Å². The predicted molar refractivity (Wildman–Crippen MR) is 142 cm³/mol. The fourth-order valence-electron chi connectivity index (χ4n) is 5.09. The zero-order valence-corrected chi connectivity index (χ0v) is 18.6. The van der Waals surface area contributed by atoms with E-state index in [1.807, 2.05) is 0 Å². The van der Waals surface area contributed by atoms with Crippen LogP contribution >= 0.6 is 0 Å². The molecule has 0 aliphatic carbocycles. The van der Waals surface area contributed by atoms with Crippen LogP contribution in [0.1, 0.15) is 5.56 Å². The van der Waals surface area contributed by atoms with Gasteiger partial charge in [0.1, 0.15) is 0 Å². The number of rotatable bonds is 3.